The Morgan fingerprint density at radius 2 is 2.17 bits per heavy atom. The molecule has 1 saturated heterocycles. The zero-order valence-electron chi connectivity index (χ0n) is 7.55. The number of rotatable bonds is 3. The summed E-state index contributed by atoms with van der Waals surface area (Å²) >= 11 is 0. The summed E-state index contributed by atoms with van der Waals surface area (Å²) in [6, 6.07) is 0.509. The van der Waals surface area contributed by atoms with Crippen LogP contribution in [0.1, 0.15) is 19.3 Å². The normalized spacial score (nSPS) is 25.0. The van der Waals surface area contributed by atoms with E-state index in [0.717, 1.165) is 6.54 Å². The zero-order valence-corrected chi connectivity index (χ0v) is 7.55. The Morgan fingerprint density at radius 1 is 1.33 bits per heavy atom. The third kappa shape index (κ3) is 2.35. The van der Waals surface area contributed by atoms with E-state index in [1.165, 1.54) is 24.8 Å². The zero-order chi connectivity index (χ0) is 8.81. The van der Waals surface area contributed by atoms with Gasteiger partial charge in [-0.1, -0.05) is 37.8 Å². The average Bonchev–Trinajstić information content (AvgIpc) is 2.15. The highest BCUT2D eigenvalue weighted by Gasteiger charge is 2.13. The van der Waals surface area contributed by atoms with Crippen molar-refractivity contribution >= 4 is 0 Å². The highest BCUT2D eigenvalue weighted by Crippen LogP contribution is 2.15. The van der Waals surface area contributed by atoms with E-state index in [0.29, 0.717) is 6.04 Å². The molecule has 0 spiro atoms. The Kier molecular flexibility index (Phi) is 3.81. The summed E-state index contributed by atoms with van der Waals surface area (Å²) in [7, 11) is 0. The third-order valence-electron chi connectivity index (χ3n) is 2.26. The van der Waals surface area contributed by atoms with Gasteiger partial charge in [0.15, 0.2) is 0 Å². The van der Waals surface area contributed by atoms with Crippen LogP contribution in [0, 0.1) is 0 Å². The van der Waals surface area contributed by atoms with Crippen molar-refractivity contribution in [1.82, 2.24) is 5.32 Å². The minimum absolute atomic E-state index is 0.509. The molecular formula is C11H17N. The topological polar surface area (TPSA) is 12.0 Å². The highest BCUT2D eigenvalue weighted by molar-refractivity contribution is 5.26. The molecule has 0 radical (unpaired) electrons. The Hall–Kier alpha value is -0.820. The van der Waals surface area contributed by atoms with Crippen LogP contribution in [0.15, 0.2) is 37.0 Å². The van der Waals surface area contributed by atoms with Crippen LogP contribution >= 0.6 is 0 Å². The minimum Gasteiger partial charge on any atom is -0.310 e. The number of allylic oxidation sites excluding steroid dienone is 2. The molecule has 0 aromatic carbocycles. The molecular weight excluding hydrogens is 146 g/mol. The Bertz CT molecular complexity index is 185. The van der Waals surface area contributed by atoms with E-state index in [1.807, 2.05) is 18.2 Å². The van der Waals surface area contributed by atoms with Crippen molar-refractivity contribution in [1.29, 1.82) is 0 Å². The lowest BCUT2D eigenvalue weighted by Crippen LogP contribution is -2.34. The first-order valence-electron chi connectivity index (χ1n) is 4.57. The van der Waals surface area contributed by atoms with Crippen molar-refractivity contribution in [3.63, 3.8) is 0 Å². The second kappa shape index (κ2) is 4.94. The summed E-state index contributed by atoms with van der Waals surface area (Å²) in [6.07, 6.45) is 9.63. The van der Waals surface area contributed by atoms with Crippen LogP contribution < -0.4 is 5.32 Å². The molecule has 1 aliphatic rings. The molecule has 1 N–H and O–H groups in total. The maximum atomic E-state index is 3.80. The van der Waals surface area contributed by atoms with Crippen molar-refractivity contribution in [2.45, 2.75) is 25.3 Å². The van der Waals surface area contributed by atoms with Gasteiger partial charge in [0, 0.05) is 6.04 Å². The van der Waals surface area contributed by atoms with Gasteiger partial charge in [-0.2, -0.15) is 0 Å². The molecule has 1 heteroatoms. The molecule has 1 atom stereocenters. The lowest BCUT2D eigenvalue weighted by molar-refractivity contribution is 0.445. The fourth-order valence-electron chi connectivity index (χ4n) is 1.60. The van der Waals surface area contributed by atoms with Gasteiger partial charge >= 0.3 is 0 Å². The standard InChI is InChI=1S/C11H17N/c1-3-7-10(4-2)11-8-5-6-9-12-11/h3-4,7,11-12H,1-2,5-6,8-9H2/b10-7+. The second-order valence-electron chi connectivity index (χ2n) is 3.11. The van der Waals surface area contributed by atoms with Gasteiger partial charge in [-0.3, -0.25) is 0 Å². The first-order chi connectivity index (χ1) is 5.88. The Balaban J connectivity index is 2.57. The summed E-state index contributed by atoms with van der Waals surface area (Å²) in [5.74, 6) is 0. The smallest absolute Gasteiger partial charge is 0.0320 e. The number of piperidine rings is 1. The fourth-order valence-corrected chi connectivity index (χ4v) is 1.60. The van der Waals surface area contributed by atoms with Gasteiger partial charge in [0.1, 0.15) is 0 Å². The van der Waals surface area contributed by atoms with E-state index in [1.54, 1.807) is 0 Å². The van der Waals surface area contributed by atoms with Crippen LogP contribution in [0.25, 0.3) is 0 Å². The van der Waals surface area contributed by atoms with E-state index in [4.69, 9.17) is 0 Å². The molecule has 66 valence electrons. The molecule has 0 aliphatic carbocycles. The third-order valence-corrected chi connectivity index (χ3v) is 2.26. The van der Waals surface area contributed by atoms with Gasteiger partial charge in [0.2, 0.25) is 0 Å². The first kappa shape index (κ1) is 9.27. The van der Waals surface area contributed by atoms with Crippen LogP contribution in [0.2, 0.25) is 0 Å². The predicted octanol–water partition coefficient (Wildman–Crippen LogP) is 2.43. The molecule has 12 heavy (non-hydrogen) atoms. The van der Waals surface area contributed by atoms with Crippen LogP contribution in [0.3, 0.4) is 0 Å². The van der Waals surface area contributed by atoms with E-state index in [-0.39, 0.29) is 0 Å². The van der Waals surface area contributed by atoms with Gasteiger partial charge in [-0.05, 0) is 25.0 Å². The van der Waals surface area contributed by atoms with E-state index in [2.05, 4.69) is 18.5 Å². The van der Waals surface area contributed by atoms with Crippen molar-refractivity contribution in [2.75, 3.05) is 6.54 Å². The van der Waals surface area contributed by atoms with Gasteiger partial charge in [0.25, 0.3) is 0 Å². The van der Waals surface area contributed by atoms with Gasteiger partial charge in [-0.25, -0.2) is 0 Å². The molecule has 0 aromatic rings. The molecule has 0 saturated carbocycles. The summed E-state index contributed by atoms with van der Waals surface area (Å²) in [5.41, 5.74) is 1.27. The predicted molar refractivity (Wildman–Crippen MR) is 54.1 cm³/mol. The van der Waals surface area contributed by atoms with Gasteiger partial charge < -0.3 is 5.32 Å². The maximum absolute atomic E-state index is 3.80. The number of nitrogens with one attached hydrogen (secondary N) is 1. The second-order valence-corrected chi connectivity index (χ2v) is 3.11. The lowest BCUT2D eigenvalue weighted by Gasteiger charge is -2.24. The molecule has 1 fully saturated rings. The number of hydrogen-bond donors (Lipinski definition) is 1. The molecule has 1 unspecified atom stereocenters. The highest BCUT2D eigenvalue weighted by atomic mass is 14.9. The summed E-state index contributed by atoms with van der Waals surface area (Å²) in [6.45, 7) is 8.62. The molecule has 0 aromatic heterocycles. The summed E-state index contributed by atoms with van der Waals surface area (Å²) in [4.78, 5) is 0. The molecule has 0 bridgehead atoms. The summed E-state index contributed by atoms with van der Waals surface area (Å²) in [5, 5.41) is 3.47. The monoisotopic (exact) mass is 163 g/mol. The first-order valence-corrected chi connectivity index (χ1v) is 4.57. The van der Waals surface area contributed by atoms with Crippen LogP contribution in [0.5, 0.6) is 0 Å². The average molecular weight is 163 g/mol. The molecule has 0 amide bonds. The van der Waals surface area contributed by atoms with E-state index in [9.17, 15) is 0 Å². The van der Waals surface area contributed by atoms with Crippen LogP contribution in [0.4, 0.5) is 0 Å². The molecule has 1 rings (SSSR count). The van der Waals surface area contributed by atoms with Crippen molar-refractivity contribution in [3.05, 3.63) is 37.0 Å². The Labute approximate surface area is 74.9 Å². The molecule has 1 heterocycles. The largest absolute Gasteiger partial charge is 0.310 e. The maximum Gasteiger partial charge on any atom is 0.0320 e. The fraction of sp³-hybridized carbons (Fsp3) is 0.455. The SMILES string of the molecule is C=C/C=C(\C=C)C1CCCCN1. The van der Waals surface area contributed by atoms with Gasteiger partial charge in [0.05, 0.1) is 0 Å². The van der Waals surface area contributed by atoms with Crippen LogP contribution in [-0.4, -0.2) is 12.6 Å². The minimum atomic E-state index is 0.509. The van der Waals surface area contributed by atoms with Gasteiger partial charge in [-0.15, -0.1) is 0 Å². The lowest BCUT2D eigenvalue weighted by atomic mass is 9.97. The number of hydrogen-bond acceptors (Lipinski definition) is 1. The Morgan fingerprint density at radius 3 is 2.67 bits per heavy atom. The van der Waals surface area contributed by atoms with E-state index >= 15 is 0 Å². The quantitative estimate of drug-likeness (QED) is 0.630. The van der Waals surface area contributed by atoms with Crippen LogP contribution in [-0.2, 0) is 0 Å². The van der Waals surface area contributed by atoms with Crippen molar-refractivity contribution in [2.24, 2.45) is 0 Å². The molecule has 1 aliphatic heterocycles. The van der Waals surface area contributed by atoms with Crippen molar-refractivity contribution < 1.29 is 0 Å². The summed E-state index contributed by atoms with van der Waals surface area (Å²) < 4.78 is 0. The van der Waals surface area contributed by atoms with E-state index < -0.39 is 0 Å². The molecule has 1 nitrogen and oxygen atoms in total. The van der Waals surface area contributed by atoms with Crippen molar-refractivity contribution in [3.8, 4) is 0 Å².